The fourth-order valence-corrected chi connectivity index (χ4v) is 0.759. The van der Waals surface area contributed by atoms with E-state index in [1.165, 1.54) is 0 Å². The molecule has 0 rings (SSSR count). The van der Waals surface area contributed by atoms with E-state index in [9.17, 15) is 0 Å². The normalized spacial score (nSPS) is 13.0. The van der Waals surface area contributed by atoms with E-state index in [2.05, 4.69) is 6.58 Å². The van der Waals surface area contributed by atoms with Gasteiger partial charge in [-0.2, -0.15) is 0 Å². The molecule has 1 atom stereocenters. The van der Waals surface area contributed by atoms with Gasteiger partial charge in [0.1, 0.15) is 0 Å². The quantitative estimate of drug-likeness (QED) is 0.527. The van der Waals surface area contributed by atoms with Crippen LogP contribution in [0, 0.1) is 0 Å². The lowest BCUT2D eigenvalue weighted by Crippen LogP contribution is -2.16. The van der Waals surface area contributed by atoms with Crippen LogP contribution in [0.15, 0.2) is 12.7 Å². The second-order valence-corrected chi connectivity index (χ2v) is 2.18. The zero-order valence-corrected chi connectivity index (χ0v) is 6.80. The maximum absolute atomic E-state index is 5.12. The Kier molecular flexibility index (Phi) is 6.55. The molecule has 0 aromatic heterocycles. The van der Waals surface area contributed by atoms with Gasteiger partial charge in [0.15, 0.2) is 0 Å². The van der Waals surface area contributed by atoms with E-state index in [1.807, 2.05) is 6.08 Å². The molecule has 2 nitrogen and oxygen atoms in total. The Morgan fingerprint density at radius 3 is 2.60 bits per heavy atom. The minimum absolute atomic E-state index is 0.225. The molecule has 0 bridgehead atoms. The molecule has 0 aromatic rings. The molecule has 2 heteroatoms. The Labute approximate surface area is 62.8 Å². The topological polar surface area (TPSA) is 18.5 Å². The van der Waals surface area contributed by atoms with Crippen molar-refractivity contribution in [1.82, 2.24) is 0 Å². The predicted octanol–water partition coefficient (Wildman–Crippen LogP) is 1.61. The number of methoxy groups -OCH3 is 2. The zero-order chi connectivity index (χ0) is 7.82. The highest BCUT2D eigenvalue weighted by Crippen LogP contribution is 2.01. The molecule has 60 valence electrons. The van der Waals surface area contributed by atoms with E-state index in [-0.39, 0.29) is 6.10 Å². The van der Waals surface area contributed by atoms with Gasteiger partial charge in [0.25, 0.3) is 0 Å². The Bertz CT molecular complexity index is 81.3. The van der Waals surface area contributed by atoms with Gasteiger partial charge in [-0.05, 0) is 12.8 Å². The highest BCUT2D eigenvalue weighted by atomic mass is 16.5. The average Bonchev–Trinajstić information content (AvgIpc) is 1.98. The Balaban J connectivity index is 3.29. The molecule has 0 aliphatic carbocycles. The van der Waals surface area contributed by atoms with Crippen LogP contribution in [-0.2, 0) is 9.47 Å². The van der Waals surface area contributed by atoms with Crippen molar-refractivity contribution in [3.8, 4) is 0 Å². The summed E-state index contributed by atoms with van der Waals surface area (Å²) in [5.74, 6) is 0. The van der Waals surface area contributed by atoms with Crippen LogP contribution in [-0.4, -0.2) is 26.9 Å². The largest absolute Gasteiger partial charge is 0.382 e. The third-order valence-corrected chi connectivity index (χ3v) is 1.38. The fourth-order valence-electron chi connectivity index (χ4n) is 0.759. The van der Waals surface area contributed by atoms with E-state index in [0.717, 1.165) is 12.8 Å². The molecule has 0 saturated heterocycles. The van der Waals surface area contributed by atoms with Crippen LogP contribution in [0.3, 0.4) is 0 Å². The summed E-state index contributed by atoms with van der Waals surface area (Å²) >= 11 is 0. The third-order valence-electron chi connectivity index (χ3n) is 1.38. The van der Waals surface area contributed by atoms with Crippen molar-refractivity contribution in [3.63, 3.8) is 0 Å². The molecular formula is C8H16O2. The summed E-state index contributed by atoms with van der Waals surface area (Å²) < 4.78 is 10.1. The first kappa shape index (κ1) is 9.66. The first-order valence-corrected chi connectivity index (χ1v) is 3.47. The van der Waals surface area contributed by atoms with Gasteiger partial charge < -0.3 is 9.47 Å². The van der Waals surface area contributed by atoms with Gasteiger partial charge in [-0.15, -0.1) is 6.58 Å². The van der Waals surface area contributed by atoms with Crippen LogP contribution >= 0.6 is 0 Å². The number of rotatable bonds is 6. The average molecular weight is 144 g/mol. The summed E-state index contributed by atoms with van der Waals surface area (Å²) in [7, 11) is 3.38. The summed E-state index contributed by atoms with van der Waals surface area (Å²) in [6.45, 7) is 4.30. The summed E-state index contributed by atoms with van der Waals surface area (Å²) in [4.78, 5) is 0. The van der Waals surface area contributed by atoms with Crippen molar-refractivity contribution in [2.24, 2.45) is 0 Å². The summed E-state index contributed by atoms with van der Waals surface area (Å²) in [6, 6.07) is 0. The summed E-state index contributed by atoms with van der Waals surface area (Å²) in [5.41, 5.74) is 0. The standard InChI is InChI=1S/C8H16O2/c1-4-5-6-8(10-3)7-9-2/h4,8H,1,5-7H2,2-3H3. The fraction of sp³-hybridized carbons (Fsp3) is 0.750. The SMILES string of the molecule is C=CCCC(COC)OC. The Morgan fingerprint density at radius 2 is 2.20 bits per heavy atom. The molecule has 0 aliphatic rings. The second kappa shape index (κ2) is 6.78. The smallest absolute Gasteiger partial charge is 0.0807 e. The lowest BCUT2D eigenvalue weighted by molar-refractivity contribution is 0.0242. The number of hydrogen-bond donors (Lipinski definition) is 0. The molecular weight excluding hydrogens is 128 g/mol. The maximum atomic E-state index is 5.12. The Hall–Kier alpha value is -0.340. The highest BCUT2D eigenvalue weighted by Gasteiger charge is 2.03. The van der Waals surface area contributed by atoms with Crippen LogP contribution in [0.25, 0.3) is 0 Å². The van der Waals surface area contributed by atoms with Crippen LogP contribution in [0.2, 0.25) is 0 Å². The number of allylic oxidation sites excluding steroid dienone is 1. The summed E-state index contributed by atoms with van der Waals surface area (Å²) in [5, 5.41) is 0. The maximum Gasteiger partial charge on any atom is 0.0807 e. The second-order valence-electron chi connectivity index (χ2n) is 2.18. The monoisotopic (exact) mass is 144 g/mol. The first-order valence-electron chi connectivity index (χ1n) is 3.47. The van der Waals surface area contributed by atoms with Gasteiger partial charge in [0, 0.05) is 14.2 Å². The highest BCUT2D eigenvalue weighted by molar-refractivity contribution is 4.69. The van der Waals surface area contributed by atoms with Crippen molar-refractivity contribution in [1.29, 1.82) is 0 Å². The van der Waals surface area contributed by atoms with Crippen molar-refractivity contribution in [3.05, 3.63) is 12.7 Å². The molecule has 0 aromatic carbocycles. The summed E-state index contributed by atoms with van der Waals surface area (Å²) in [6.07, 6.45) is 4.10. The van der Waals surface area contributed by atoms with Gasteiger partial charge >= 0.3 is 0 Å². The van der Waals surface area contributed by atoms with Crippen LogP contribution in [0.4, 0.5) is 0 Å². The number of hydrogen-bond acceptors (Lipinski definition) is 2. The van der Waals surface area contributed by atoms with Gasteiger partial charge in [-0.3, -0.25) is 0 Å². The van der Waals surface area contributed by atoms with Crippen molar-refractivity contribution in [2.75, 3.05) is 20.8 Å². The Morgan fingerprint density at radius 1 is 1.50 bits per heavy atom. The van der Waals surface area contributed by atoms with E-state index < -0.39 is 0 Å². The minimum atomic E-state index is 0.225. The van der Waals surface area contributed by atoms with Crippen molar-refractivity contribution >= 4 is 0 Å². The third kappa shape index (κ3) is 4.53. The molecule has 1 unspecified atom stereocenters. The van der Waals surface area contributed by atoms with Crippen LogP contribution < -0.4 is 0 Å². The lowest BCUT2D eigenvalue weighted by Gasteiger charge is -2.11. The van der Waals surface area contributed by atoms with E-state index >= 15 is 0 Å². The van der Waals surface area contributed by atoms with Gasteiger partial charge in [-0.25, -0.2) is 0 Å². The number of ether oxygens (including phenoxy) is 2. The minimum Gasteiger partial charge on any atom is -0.382 e. The molecule has 0 N–H and O–H groups in total. The van der Waals surface area contributed by atoms with E-state index in [4.69, 9.17) is 9.47 Å². The molecule has 0 saturated carbocycles. The van der Waals surface area contributed by atoms with Gasteiger partial charge in [0.2, 0.25) is 0 Å². The van der Waals surface area contributed by atoms with Gasteiger partial charge in [-0.1, -0.05) is 6.08 Å². The molecule has 0 heterocycles. The predicted molar refractivity (Wildman–Crippen MR) is 42.1 cm³/mol. The molecule has 0 aliphatic heterocycles. The molecule has 0 radical (unpaired) electrons. The van der Waals surface area contributed by atoms with Crippen molar-refractivity contribution in [2.45, 2.75) is 18.9 Å². The van der Waals surface area contributed by atoms with Crippen LogP contribution in [0.1, 0.15) is 12.8 Å². The molecule has 10 heavy (non-hydrogen) atoms. The molecule has 0 spiro atoms. The van der Waals surface area contributed by atoms with Gasteiger partial charge in [0.05, 0.1) is 12.7 Å². The van der Waals surface area contributed by atoms with E-state index in [0.29, 0.717) is 6.61 Å². The van der Waals surface area contributed by atoms with Crippen LogP contribution in [0.5, 0.6) is 0 Å². The zero-order valence-electron chi connectivity index (χ0n) is 6.80. The first-order chi connectivity index (χ1) is 4.85. The van der Waals surface area contributed by atoms with Crippen molar-refractivity contribution < 1.29 is 9.47 Å². The molecule has 0 amide bonds. The van der Waals surface area contributed by atoms with E-state index in [1.54, 1.807) is 14.2 Å². The molecule has 0 fully saturated rings. The lowest BCUT2D eigenvalue weighted by atomic mass is 10.2.